The van der Waals surface area contributed by atoms with Gasteiger partial charge in [0.05, 0.1) is 12.0 Å². The van der Waals surface area contributed by atoms with Crippen LogP contribution in [0.1, 0.15) is 15.6 Å². The number of hydrogen-bond donors (Lipinski definition) is 1. The van der Waals surface area contributed by atoms with Crippen molar-refractivity contribution in [2.75, 3.05) is 13.7 Å². The van der Waals surface area contributed by atoms with Gasteiger partial charge in [-0.1, -0.05) is 6.07 Å². The van der Waals surface area contributed by atoms with Crippen molar-refractivity contribution in [1.82, 2.24) is 15.5 Å². The molecule has 0 atom stereocenters. The fourth-order valence-electron chi connectivity index (χ4n) is 1.98. The second-order valence-electron chi connectivity index (χ2n) is 4.71. The van der Waals surface area contributed by atoms with Crippen molar-refractivity contribution in [1.29, 1.82) is 0 Å². The number of nitrogens with one attached hydrogen (secondary N) is 1. The molecule has 0 bridgehead atoms. The quantitative estimate of drug-likeness (QED) is 0.752. The predicted molar refractivity (Wildman–Crippen MR) is 86.6 cm³/mol. The third-order valence-corrected chi connectivity index (χ3v) is 4.04. The van der Waals surface area contributed by atoms with Crippen LogP contribution in [0.5, 0.6) is 5.75 Å². The molecule has 3 rings (SSSR count). The lowest BCUT2D eigenvalue weighted by molar-refractivity contribution is 0.0957. The van der Waals surface area contributed by atoms with E-state index in [2.05, 4.69) is 15.5 Å². The lowest BCUT2D eigenvalue weighted by Crippen LogP contribution is -2.24. The Bertz CT molecular complexity index is 766. The van der Waals surface area contributed by atoms with E-state index in [1.165, 1.54) is 11.3 Å². The Kier molecular flexibility index (Phi) is 4.68. The van der Waals surface area contributed by atoms with Gasteiger partial charge < -0.3 is 14.5 Å². The average Bonchev–Trinajstić information content (AvgIpc) is 3.27. The summed E-state index contributed by atoms with van der Waals surface area (Å²) in [6.07, 6.45) is 0.486. The van der Waals surface area contributed by atoms with Crippen molar-refractivity contribution in [2.24, 2.45) is 0 Å². The molecule has 0 unspecified atom stereocenters. The second-order valence-corrected chi connectivity index (χ2v) is 5.66. The maximum absolute atomic E-state index is 11.8. The summed E-state index contributed by atoms with van der Waals surface area (Å²) >= 11 is 1.41. The number of hydrogen-bond acceptors (Lipinski definition) is 6. The Morgan fingerprint density at radius 2 is 2.09 bits per heavy atom. The summed E-state index contributed by atoms with van der Waals surface area (Å²) in [6, 6.07) is 11.0. The summed E-state index contributed by atoms with van der Waals surface area (Å²) in [5.74, 6) is 1.62. The van der Waals surface area contributed by atoms with Crippen LogP contribution in [0, 0.1) is 0 Å². The fraction of sp³-hybridized carbons (Fsp3) is 0.188. The lowest BCUT2D eigenvalue weighted by atomic mass is 10.2. The number of nitrogens with zero attached hydrogens (tertiary/aromatic N) is 2. The molecular weight excluding hydrogens is 314 g/mol. The Labute approximate surface area is 137 Å². The highest BCUT2D eigenvalue weighted by atomic mass is 32.1. The molecule has 0 aliphatic rings. The Hall–Kier alpha value is -2.67. The van der Waals surface area contributed by atoms with Crippen LogP contribution >= 0.6 is 11.3 Å². The van der Waals surface area contributed by atoms with Gasteiger partial charge in [-0.15, -0.1) is 21.5 Å². The molecule has 118 valence electrons. The van der Waals surface area contributed by atoms with Crippen LogP contribution in [0.15, 0.2) is 46.2 Å². The predicted octanol–water partition coefficient (Wildman–Crippen LogP) is 2.78. The standard InChI is InChI=1S/C16H15N3O3S/c1-21-12-6-4-11(5-7-12)16-19-18-14(22-16)8-9-17-15(20)13-3-2-10-23-13/h2-7,10H,8-9H2,1H3,(H,17,20). The zero-order chi connectivity index (χ0) is 16.1. The van der Waals surface area contributed by atoms with Crippen LogP contribution < -0.4 is 10.1 Å². The van der Waals surface area contributed by atoms with E-state index in [0.717, 1.165) is 11.3 Å². The minimum absolute atomic E-state index is 0.0881. The molecule has 0 saturated carbocycles. The number of rotatable bonds is 6. The first-order valence-corrected chi connectivity index (χ1v) is 7.93. The first kappa shape index (κ1) is 15.2. The molecule has 3 aromatic rings. The van der Waals surface area contributed by atoms with Crippen molar-refractivity contribution in [3.63, 3.8) is 0 Å². The van der Waals surface area contributed by atoms with E-state index >= 15 is 0 Å². The Balaban J connectivity index is 1.55. The number of ether oxygens (including phenoxy) is 1. The number of carbonyl (C=O) groups is 1. The number of carbonyl (C=O) groups excluding carboxylic acids is 1. The highest BCUT2D eigenvalue weighted by molar-refractivity contribution is 7.12. The van der Waals surface area contributed by atoms with Gasteiger partial charge in [-0.2, -0.15) is 0 Å². The second kappa shape index (κ2) is 7.06. The maximum atomic E-state index is 11.8. The molecule has 1 amide bonds. The Morgan fingerprint density at radius 3 is 2.78 bits per heavy atom. The van der Waals surface area contributed by atoms with Crippen molar-refractivity contribution < 1.29 is 13.9 Å². The van der Waals surface area contributed by atoms with Gasteiger partial charge in [0.1, 0.15) is 5.75 Å². The lowest BCUT2D eigenvalue weighted by Gasteiger charge is -2.01. The summed E-state index contributed by atoms with van der Waals surface area (Å²) in [6.45, 7) is 0.445. The molecule has 0 saturated heterocycles. The van der Waals surface area contributed by atoms with Gasteiger partial charge in [0.15, 0.2) is 0 Å². The van der Waals surface area contributed by atoms with Crippen molar-refractivity contribution in [3.8, 4) is 17.2 Å². The van der Waals surface area contributed by atoms with Crippen LogP contribution in [0.2, 0.25) is 0 Å². The van der Waals surface area contributed by atoms with E-state index in [-0.39, 0.29) is 5.91 Å². The number of amides is 1. The van der Waals surface area contributed by atoms with Gasteiger partial charge in [0.2, 0.25) is 11.8 Å². The van der Waals surface area contributed by atoms with E-state index in [1.54, 1.807) is 13.2 Å². The zero-order valence-corrected chi connectivity index (χ0v) is 13.3. The highest BCUT2D eigenvalue weighted by Gasteiger charge is 2.10. The number of thiophene rings is 1. The summed E-state index contributed by atoms with van der Waals surface area (Å²) in [4.78, 5) is 12.5. The third-order valence-electron chi connectivity index (χ3n) is 3.17. The van der Waals surface area contributed by atoms with E-state index < -0.39 is 0 Å². The smallest absolute Gasteiger partial charge is 0.261 e. The SMILES string of the molecule is COc1ccc(-c2nnc(CCNC(=O)c3cccs3)o2)cc1. The van der Waals surface area contributed by atoms with Gasteiger partial charge in [-0.05, 0) is 35.7 Å². The molecule has 23 heavy (non-hydrogen) atoms. The Morgan fingerprint density at radius 1 is 1.26 bits per heavy atom. The molecule has 0 radical (unpaired) electrons. The maximum Gasteiger partial charge on any atom is 0.261 e. The largest absolute Gasteiger partial charge is 0.497 e. The molecule has 7 heteroatoms. The van der Waals surface area contributed by atoms with Crippen molar-refractivity contribution in [2.45, 2.75) is 6.42 Å². The van der Waals surface area contributed by atoms with E-state index in [1.807, 2.05) is 35.7 Å². The molecule has 0 aliphatic carbocycles. The zero-order valence-electron chi connectivity index (χ0n) is 12.5. The van der Waals surface area contributed by atoms with Gasteiger partial charge in [-0.25, -0.2) is 0 Å². The molecule has 6 nitrogen and oxygen atoms in total. The first-order chi connectivity index (χ1) is 11.3. The molecule has 0 fully saturated rings. The average molecular weight is 329 g/mol. The highest BCUT2D eigenvalue weighted by Crippen LogP contribution is 2.21. The van der Waals surface area contributed by atoms with Gasteiger partial charge in [0.25, 0.3) is 5.91 Å². The molecule has 1 N–H and O–H groups in total. The van der Waals surface area contributed by atoms with Gasteiger partial charge >= 0.3 is 0 Å². The topological polar surface area (TPSA) is 77.3 Å². The van der Waals surface area contributed by atoms with Crippen molar-refractivity contribution in [3.05, 3.63) is 52.5 Å². The van der Waals surface area contributed by atoms with Crippen LogP contribution in [0.25, 0.3) is 11.5 Å². The molecule has 0 spiro atoms. The van der Waals surface area contributed by atoms with Crippen molar-refractivity contribution >= 4 is 17.2 Å². The van der Waals surface area contributed by atoms with Gasteiger partial charge in [0, 0.05) is 18.5 Å². The van der Waals surface area contributed by atoms with Gasteiger partial charge in [-0.3, -0.25) is 4.79 Å². The van der Waals surface area contributed by atoms with Crippen LogP contribution in [-0.2, 0) is 6.42 Å². The number of aromatic nitrogens is 2. The monoisotopic (exact) mass is 329 g/mol. The summed E-state index contributed by atoms with van der Waals surface area (Å²) in [5.41, 5.74) is 0.826. The van der Waals surface area contributed by atoms with E-state index in [0.29, 0.717) is 29.6 Å². The molecule has 2 aromatic heterocycles. The summed E-state index contributed by atoms with van der Waals surface area (Å²) < 4.78 is 10.7. The minimum atomic E-state index is -0.0881. The number of benzene rings is 1. The first-order valence-electron chi connectivity index (χ1n) is 7.05. The summed E-state index contributed by atoms with van der Waals surface area (Å²) in [7, 11) is 1.62. The molecule has 1 aromatic carbocycles. The third kappa shape index (κ3) is 3.75. The van der Waals surface area contributed by atoms with Crippen LogP contribution in [0.3, 0.4) is 0 Å². The number of methoxy groups -OCH3 is 1. The normalized spacial score (nSPS) is 10.5. The molecule has 2 heterocycles. The fourth-order valence-corrected chi connectivity index (χ4v) is 2.62. The van der Waals surface area contributed by atoms with Crippen LogP contribution in [-0.4, -0.2) is 29.8 Å². The van der Waals surface area contributed by atoms with E-state index in [4.69, 9.17) is 9.15 Å². The minimum Gasteiger partial charge on any atom is -0.497 e. The molecule has 0 aliphatic heterocycles. The summed E-state index contributed by atoms with van der Waals surface area (Å²) in [5, 5.41) is 12.7. The van der Waals surface area contributed by atoms with E-state index in [9.17, 15) is 4.79 Å². The van der Waals surface area contributed by atoms with Crippen LogP contribution in [0.4, 0.5) is 0 Å². The molecular formula is C16H15N3O3S.